The highest BCUT2D eigenvalue weighted by atomic mass is 16.2. The summed E-state index contributed by atoms with van der Waals surface area (Å²) in [7, 11) is 3.35. The number of hydrogen-bond acceptors (Lipinski definition) is 4. The third kappa shape index (κ3) is 2.07. The molecule has 25 heavy (non-hydrogen) atoms. The smallest absolute Gasteiger partial charge is 0.321 e. The second-order valence-electron chi connectivity index (χ2n) is 6.59. The van der Waals surface area contributed by atoms with Crippen molar-refractivity contribution in [2.45, 2.75) is 12.5 Å². The molecule has 0 saturated carbocycles. The van der Waals surface area contributed by atoms with E-state index < -0.39 is 5.54 Å². The number of hydrogen-bond donors (Lipinski definition) is 3. The maximum absolute atomic E-state index is 12.3. The third-order valence-electron chi connectivity index (χ3n) is 4.56. The van der Waals surface area contributed by atoms with Gasteiger partial charge in [-0.15, -0.1) is 0 Å². The molecule has 2 heterocycles. The highest BCUT2D eigenvalue weighted by Crippen LogP contribution is 2.45. The molecular formula is C17H18N6O2. The lowest BCUT2D eigenvalue weighted by molar-refractivity contribution is 0.230. The summed E-state index contributed by atoms with van der Waals surface area (Å²) in [6.07, 6.45) is 3.31. The van der Waals surface area contributed by atoms with Gasteiger partial charge in [-0.1, -0.05) is 6.07 Å². The Morgan fingerprint density at radius 3 is 2.88 bits per heavy atom. The molecule has 2 aromatic heterocycles. The van der Waals surface area contributed by atoms with Crippen molar-refractivity contribution in [2.75, 3.05) is 19.4 Å². The Morgan fingerprint density at radius 1 is 1.40 bits per heavy atom. The minimum absolute atomic E-state index is 0.223. The number of nitrogens with one attached hydrogen (secondary N) is 2. The van der Waals surface area contributed by atoms with Crippen molar-refractivity contribution < 1.29 is 4.79 Å². The molecule has 128 valence electrons. The first-order chi connectivity index (χ1) is 11.8. The van der Waals surface area contributed by atoms with Crippen LogP contribution in [0.2, 0.25) is 0 Å². The molecule has 4 N–H and O–H groups in total. The van der Waals surface area contributed by atoms with Gasteiger partial charge in [0.05, 0.1) is 16.9 Å². The first kappa shape index (κ1) is 15.4. The summed E-state index contributed by atoms with van der Waals surface area (Å²) in [6, 6.07) is 5.27. The fourth-order valence-electron chi connectivity index (χ4n) is 3.34. The number of imidazole rings is 1. The monoisotopic (exact) mass is 338 g/mol. The Hall–Kier alpha value is -3.13. The average Bonchev–Trinajstić information content (AvgIpc) is 3.10. The maximum atomic E-state index is 12.3. The Bertz CT molecular complexity index is 1080. The first-order valence-corrected chi connectivity index (χ1v) is 7.82. The predicted molar refractivity (Wildman–Crippen MR) is 94.6 cm³/mol. The van der Waals surface area contributed by atoms with Crippen LogP contribution in [0.5, 0.6) is 0 Å². The molecule has 1 atom stereocenters. The molecule has 0 saturated heterocycles. The third-order valence-corrected chi connectivity index (χ3v) is 4.56. The van der Waals surface area contributed by atoms with E-state index in [1.807, 2.05) is 19.1 Å². The van der Waals surface area contributed by atoms with Crippen LogP contribution >= 0.6 is 0 Å². The average molecular weight is 338 g/mol. The van der Waals surface area contributed by atoms with Crippen LogP contribution in [-0.4, -0.2) is 39.4 Å². The van der Waals surface area contributed by atoms with Crippen LogP contribution in [0.4, 0.5) is 10.5 Å². The number of nitrogens with zero attached hydrogens (tertiary/aromatic N) is 3. The number of amides is 2. The van der Waals surface area contributed by atoms with Gasteiger partial charge in [-0.05, 0) is 24.6 Å². The molecule has 0 aliphatic heterocycles. The van der Waals surface area contributed by atoms with Crippen LogP contribution in [0.1, 0.15) is 18.2 Å². The number of carbonyl (C=O) groups is 1. The van der Waals surface area contributed by atoms with Gasteiger partial charge in [0.1, 0.15) is 0 Å². The lowest BCUT2D eigenvalue weighted by Gasteiger charge is -2.22. The molecule has 0 fully saturated rings. The van der Waals surface area contributed by atoms with Crippen LogP contribution in [0.25, 0.3) is 16.9 Å². The van der Waals surface area contributed by atoms with Gasteiger partial charge in [0.25, 0.3) is 5.56 Å². The largest absolute Gasteiger partial charge is 0.331 e. The number of benzene rings is 1. The summed E-state index contributed by atoms with van der Waals surface area (Å²) in [5, 5.41) is 2.82. The number of anilines is 1. The Kier molecular flexibility index (Phi) is 3.04. The quantitative estimate of drug-likeness (QED) is 0.622. The van der Waals surface area contributed by atoms with Crippen LogP contribution in [0.3, 0.4) is 0 Å². The van der Waals surface area contributed by atoms with Gasteiger partial charge >= 0.3 is 6.03 Å². The molecular weight excluding hydrogens is 320 g/mol. The molecule has 2 amide bonds. The molecule has 0 unspecified atom stereocenters. The zero-order chi connectivity index (χ0) is 17.9. The zero-order valence-corrected chi connectivity index (χ0v) is 14.1. The van der Waals surface area contributed by atoms with Gasteiger partial charge in [-0.2, -0.15) is 0 Å². The molecule has 0 spiro atoms. The summed E-state index contributed by atoms with van der Waals surface area (Å²) in [4.78, 5) is 32.6. The van der Waals surface area contributed by atoms with Crippen LogP contribution in [0, 0.1) is 0 Å². The standard InChI is InChI=1S/C17H18N6O2/c1-17(18)11-8-9(20-16(25)22(2)3)4-5-10(11)12-13(17)23-7-6-19-14(23)15(24)21-12/h4-8H,18H2,1-3H3,(H,20,25)(H,21,24)/t17-/m1/s1. The van der Waals surface area contributed by atoms with E-state index in [0.717, 1.165) is 16.8 Å². The highest BCUT2D eigenvalue weighted by molar-refractivity contribution is 5.90. The van der Waals surface area contributed by atoms with E-state index in [-0.39, 0.29) is 11.6 Å². The summed E-state index contributed by atoms with van der Waals surface area (Å²) < 4.78 is 1.73. The molecule has 4 rings (SSSR count). The lowest BCUT2D eigenvalue weighted by atomic mass is 9.93. The van der Waals surface area contributed by atoms with E-state index in [9.17, 15) is 9.59 Å². The minimum atomic E-state index is -0.841. The molecule has 1 aliphatic carbocycles. The summed E-state index contributed by atoms with van der Waals surface area (Å²) in [5.74, 6) is 0. The lowest BCUT2D eigenvalue weighted by Crippen LogP contribution is -2.35. The topological polar surface area (TPSA) is 109 Å². The number of aromatic nitrogens is 3. The number of fused-ring (bicyclic) bond motifs is 5. The van der Waals surface area contributed by atoms with Crippen molar-refractivity contribution in [3.8, 4) is 11.3 Å². The van der Waals surface area contributed by atoms with E-state index in [1.54, 1.807) is 37.0 Å². The van der Waals surface area contributed by atoms with Gasteiger partial charge in [0.2, 0.25) is 5.65 Å². The Labute approximate surface area is 143 Å². The van der Waals surface area contributed by atoms with Crippen molar-refractivity contribution in [1.82, 2.24) is 19.3 Å². The van der Waals surface area contributed by atoms with Crippen LogP contribution < -0.4 is 16.6 Å². The molecule has 0 bridgehead atoms. The second kappa shape index (κ2) is 4.93. The van der Waals surface area contributed by atoms with Crippen molar-refractivity contribution in [3.63, 3.8) is 0 Å². The van der Waals surface area contributed by atoms with Gasteiger partial charge in [0.15, 0.2) is 0 Å². The molecule has 8 nitrogen and oxygen atoms in total. The molecule has 0 radical (unpaired) electrons. The van der Waals surface area contributed by atoms with Gasteiger partial charge in [-0.25, -0.2) is 9.78 Å². The van der Waals surface area contributed by atoms with Crippen molar-refractivity contribution in [1.29, 1.82) is 0 Å². The number of nitrogens with two attached hydrogens (primary N) is 1. The van der Waals surface area contributed by atoms with Gasteiger partial charge < -0.3 is 20.9 Å². The predicted octanol–water partition coefficient (Wildman–Crippen LogP) is 1.32. The minimum Gasteiger partial charge on any atom is -0.331 e. The molecule has 3 aromatic rings. The Morgan fingerprint density at radius 2 is 2.16 bits per heavy atom. The Balaban J connectivity index is 1.92. The zero-order valence-electron chi connectivity index (χ0n) is 14.1. The fraction of sp³-hybridized carbons (Fsp3) is 0.235. The first-order valence-electron chi connectivity index (χ1n) is 7.82. The van der Waals surface area contributed by atoms with E-state index >= 15 is 0 Å². The fourth-order valence-corrected chi connectivity index (χ4v) is 3.34. The maximum Gasteiger partial charge on any atom is 0.321 e. The van der Waals surface area contributed by atoms with E-state index in [0.29, 0.717) is 17.0 Å². The number of aromatic amines is 1. The van der Waals surface area contributed by atoms with E-state index in [4.69, 9.17) is 5.73 Å². The number of carbonyl (C=O) groups excluding carboxylic acids is 1. The normalized spacial score (nSPS) is 18.1. The highest BCUT2D eigenvalue weighted by Gasteiger charge is 2.39. The van der Waals surface area contributed by atoms with E-state index in [1.165, 1.54) is 4.90 Å². The van der Waals surface area contributed by atoms with Crippen LogP contribution in [-0.2, 0) is 5.54 Å². The van der Waals surface area contributed by atoms with Crippen LogP contribution in [0.15, 0.2) is 35.4 Å². The SMILES string of the molecule is CN(C)C(=O)Nc1ccc2c(c1)[C@@](C)(N)c1c-2[nH]c(=O)c2nccn12. The van der Waals surface area contributed by atoms with E-state index in [2.05, 4.69) is 15.3 Å². The van der Waals surface area contributed by atoms with Crippen molar-refractivity contribution in [2.24, 2.45) is 5.73 Å². The summed E-state index contributed by atoms with van der Waals surface area (Å²) >= 11 is 0. The molecule has 8 heteroatoms. The molecule has 1 aliphatic rings. The van der Waals surface area contributed by atoms with Gasteiger partial charge in [-0.3, -0.25) is 9.20 Å². The number of H-pyrrole nitrogens is 1. The number of urea groups is 1. The molecule has 1 aromatic carbocycles. The number of rotatable bonds is 1. The van der Waals surface area contributed by atoms with Crippen molar-refractivity contribution in [3.05, 3.63) is 52.2 Å². The van der Waals surface area contributed by atoms with Gasteiger partial charge in [0, 0.05) is 37.7 Å². The van der Waals surface area contributed by atoms with Crippen molar-refractivity contribution >= 4 is 17.4 Å². The summed E-state index contributed by atoms with van der Waals surface area (Å²) in [6.45, 7) is 1.88. The summed E-state index contributed by atoms with van der Waals surface area (Å²) in [5.41, 5.74) is 9.61. The second-order valence-corrected chi connectivity index (χ2v) is 6.59.